The maximum absolute atomic E-state index is 12.6. The Balaban J connectivity index is 1.31. The van der Waals surface area contributed by atoms with Crippen LogP contribution >= 0.6 is 11.8 Å². The molecule has 0 radical (unpaired) electrons. The van der Waals surface area contributed by atoms with Crippen molar-refractivity contribution < 1.29 is 14.3 Å². The molecule has 2 aliphatic rings. The molecule has 5 rings (SSSR count). The number of carbonyl (C=O) groups is 1. The highest BCUT2D eigenvalue weighted by Gasteiger charge is 2.24. The quantitative estimate of drug-likeness (QED) is 0.559. The maximum Gasteiger partial charge on any atom is 0.234 e. The molecule has 0 saturated heterocycles. The van der Waals surface area contributed by atoms with Gasteiger partial charge < -0.3 is 19.4 Å². The Kier molecular flexibility index (Phi) is 5.36. The number of thioether (sulfide) groups is 1. The van der Waals surface area contributed by atoms with Gasteiger partial charge in [0.25, 0.3) is 0 Å². The number of fused-ring (bicyclic) bond motifs is 1. The predicted octanol–water partition coefficient (Wildman–Crippen LogP) is 5.12. The third-order valence-corrected chi connectivity index (χ3v) is 6.48. The van der Waals surface area contributed by atoms with E-state index in [0.29, 0.717) is 29.0 Å². The van der Waals surface area contributed by atoms with Crippen LogP contribution in [0.1, 0.15) is 31.7 Å². The molecule has 1 aliphatic carbocycles. The van der Waals surface area contributed by atoms with Gasteiger partial charge in [-0.25, -0.2) is 4.98 Å². The molecule has 154 valence electrons. The molecule has 1 fully saturated rings. The van der Waals surface area contributed by atoms with Gasteiger partial charge in [-0.2, -0.15) is 0 Å². The number of hydrogen-bond donors (Lipinski definition) is 1. The van der Waals surface area contributed by atoms with E-state index in [2.05, 4.69) is 27.0 Å². The van der Waals surface area contributed by atoms with Gasteiger partial charge in [-0.1, -0.05) is 54.9 Å². The van der Waals surface area contributed by atoms with Crippen LogP contribution in [0.5, 0.6) is 11.5 Å². The highest BCUT2D eigenvalue weighted by atomic mass is 32.2. The predicted molar refractivity (Wildman–Crippen MR) is 117 cm³/mol. The lowest BCUT2D eigenvalue weighted by Crippen LogP contribution is -2.15. The van der Waals surface area contributed by atoms with E-state index in [0.717, 1.165) is 29.3 Å². The minimum atomic E-state index is -0.0684. The molecule has 7 heteroatoms. The van der Waals surface area contributed by atoms with E-state index in [1.807, 2.05) is 36.5 Å². The van der Waals surface area contributed by atoms with Crippen LogP contribution in [0.2, 0.25) is 0 Å². The Labute approximate surface area is 179 Å². The van der Waals surface area contributed by atoms with Gasteiger partial charge in [0.1, 0.15) is 0 Å². The standard InChI is InChI=1S/C23H23N3O3S/c27-22(25-17-10-11-20-21(12-17)29-15-28-20)14-30-23-24-13-19(16-6-2-1-3-7-16)26(23)18-8-4-5-9-18/h1-3,6-7,10-13,18H,4-5,8-9,14-15H2,(H,25,27). The average molecular weight is 422 g/mol. The second-order valence-corrected chi connectivity index (χ2v) is 8.45. The third kappa shape index (κ3) is 3.89. The smallest absolute Gasteiger partial charge is 0.234 e. The van der Waals surface area contributed by atoms with E-state index >= 15 is 0 Å². The van der Waals surface area contributed by atoms with Crippen LogP contribution in [0.3, 0.4) is 0 Å². The molecule has 0 spiro atoms. The number of anilines is 1. The molecule has 0 atom stereocenters. The second-order valence-electron chi connectivity index (χ2n) is 7.51. The lowest BCUT2D eigenvalue weighted by Gasteiger charge is -2.18. The summed E-state index contributed by atoms with van der Waals surface area (Å²) in [4.78, 5) is 17.2. The number of hydrogen-bond acceptors (Lipinski definition) is 5. The van der Waals surface area contributed by atoms with E-state index in [1.54, 1.807) is 6.07 Å². The highest BCUT2D eigenvalue weighted by molar-refractivity contribution is 7.99. The van der Waals surface area contributed by atoms with Gasteiger partial charge in [-0.3, -0.25) is 4.79 Å². The molecule has 0 unspecified atom stereocenters. The summed E-state index contributed by atoms with van der Waals surface area (Å²) in [5.41, 5.74) is 2.99. The number of amides is 1. The lowest BCUT2D eigenvalue weighted by molar-refractivity contribution is -0.113. The van der Waals surface area contributed by atoms with Crippen LogP contribution in [0.4, 0.5) is 5.69 Å². The molecule has 1 saturated carbocycles. The van der Waals surface area contributed by atoms with Crippen molar-refractivity contribution in [3.8, 4) is 22.8 Å². The molecule has 2 heterocycles. The van der Waals surface area contributed by atoms with Gasteiger partial charge in [0.05, 0.1) is 17.6 Å². The number of imidazole rings is 1. The van der Waals surface area contributed by atoms with Gasteiger partial charge in [0, 0.05) is 17.8 Å². The summed E-state index contributed by atoms with van der Waals surface area (Å²) in [6.45, 7) is 0.218. The van der Waals surface area contributed by atoms with E-state index in [-0.39, 0.29) is 12.7 Å². The van der Waals surface area contributed by atoms with Gasteiger partial charge in [0.15, 0.2) is 16.7 Å². The van der Waals surface area contributed by atoms with Crippen LogP contribution in [-0.4, -0.2) is 28.0 Å². The number of aromatic nitrogens is 2. The van der Waals surface area contributed by atoms with Crippen molar-refractivity contribution >= 4 is 23.4 Å². The zero-order valence-electron chi connectivity index (χ0n) is 16.5. The molecule has 1 N–H and O–H groups in total. The van der Waals surface area contributed by atoms with Crippen molar-refractivity contribution in [3.63, 3.8) is 0 Å². The Morgan fingerprint density at radius 2 is 1.90 bits per heavy atom. The van der Waals surface area contributed by atoms with Crippen molar-refractivity contribution in [1.29, 1.82) is 0 Å². The van der Waals surface area contributed by atoms with Gasteiger partial charge >= 0.3 is 0 Å². The summed E-state index contributed by atoms with van der Waals surface area (Å²) in [7, 11) is 0. The summed E-state index contributed by atoms with van der Waals surface area (Å²) in [5, 5.41) is 3.84. The molecule has 3 aromatic rings. The first kappa shape index (κ1) is 19.1. The third-order valence-electron chi connectivity index (χ3n) is 5.51. The van der Waals surface area contributed by atoms with Gasteiger partial charge in [-0.05, 0) is 30.5 Å². The SMILES string of the molecule is O=C(CSc1ncc(-c2ccccc2)n1C1CCCC1)Nc1ccc2c(c1)OCO2. The minimum Gasteiger partial charge on any atom is -0.454 e. The molecular weight excluding hydrogens is 398 g/mol. The van der Waals surface area contributed by atoms with E-state index in [9.17, 15) is 4.79 Å². The Hall–Kier alpha value is -2.93. The molecule has 0 bridgehead atoms. The number of nitrogens with one attached hydrogen (secondary N) is 1. The van der Waals surface area contributed by atoms with Crippen LogP contribution in [0.15, 0.2) is 59.9 Å². The van der Waals surface area contributed by atoms with E-state index < -0.39 is 0 Å². The topological polar surface area (TPSA) is 65.4 Å². The van der Waals surface area contributed by atoms with Crippen molar-refractivity contribution in [3.05, 3.63) is 54.7 Å². The first-order valence-corrected chi connectivity index (χ1v) is 11.2. The Morgan fingerprint density at radius 3 is 2.73 bits per heavy atom. The van der Waals surface area contributed by atoms with E-state index in [4.69, 9.17) is 9.47 Å². The summed E-state index contributed by atoms with van der Waals surface area (Å²) < 4.78 is 13.0. The molecule has 1 aliphatic heterocycles. The second kappa shape index (κ2) is 8.44. The fourth-order valence-electron chi connectivity index (χ4n) is 4.09. The fourth-order valence-corrected chi connectivity index (χ4v) is 4.94. The van der Waals surface area contributed by atoms with Gasteiger partial charge in [0.2, 0.25) is 12.7 Å². The number of benzene rings is 2. The molecule has 2 aromatic carbocycles. The molecule has 30 heavy (non-hydrogen) atoms. The Morgan fingerprint density at radius 1 is 1.10 bits per heavy atom. The summed E-state index contributed by atoms with van der Waals surface area (Å²) in [6.07, 6.45) is 6.74. The van der Waals surface area contributed by atoms with Crippen molar-refractivity contribution in [2.45, 2.75) is 36.9 Å². The summed E-state index contributed by atoms with van der Waals surface area (Å²) in [6, 6.07) is 16.2. The zero-order valence-corrected chi connectivity index (χ0v) is 17.4. The number of ether oxygens (including phenoxy) is 2. The Bertz CT molecular complexity index is 1050. The molecule has 1 aromatic heterocycles. The number of rotatable bonds is 6. The minimum absolute atomic E-state index is 0.0684. The fraction of sp³-hybridized carbons (Fsp3) is 0.304. The first-order valence-electron chi connectivity index (χ1n) is 10.2. The number of carbonyl (C=O) groups excluding carboxylic acids is 1. The largest absolute Gasteiger partial charge is 0.454 e. The van der Waals surface area contributed by atoms with Crippen molar-refractivity contribution in [2.24, 2.45) is 0 Å². The van der Waals surface area contributed by atoms with Crippen LogP contribution in [-0.2, 0) is 4.79 Å². The highest BCUT2D eigenvalue weighted by Crippen LogP contribution is 2.38. The first-order chi connectivity index (χ1) is 14.8. The van der Waals surface area contributed by atoms with Crippen LogP contribution in [0, 0.1) is 0 Å². The average Bonchev–Trinajstić information content (AvgIpc) is 3.52. The monoisotopic (exact) mass is 421 g/mol. The normalized spacial score (nSPS) is 15.5. The zero-order chi connectivity index (χ0) is 20.3. The molecule has 1 amide bonds. The lowest BCUT2D eigenvalue weighted by atomic mass is 10.1. The van der Waals surface area contributed by atoms with Crippen molar-refractivity contribution in [1.82, 2.24) is 9.55 Å². The number of nitrogens with zero attached hydrogens (tertiary/aromatic N) is 2. The molecular formula is C23H23N3O3S. The van der Waals surface area contributed by atoms with Crippen LogP contribution < -0.4 is 14.8 Å². The maximum atomic E-state index is 12.6. The molecule has 6 nitrogen and oxygen atoms in total. The van der Waals surface area contributed by atoms with Gasteiger partial charge in [-0.15, -0.1) is 0 Å². The van der Waals surface area contributed by atoms with Crippen LogP contribution in [0.25, 0.3) is 11.3 Å². The summed E-state index contributed by atoms with van der Waals surface area (Å²) >= 11 is 1.49. The van der Waals surface area contributed by atoms with E-state index in [1.165, 1.54) is 24.6 Å². The van der Waals surface area contributed by atoms with Crippen molar-refractivity contribution in [2.75, 3.05) is 17.9 Å². The summed E-state index contributed by atoms with van der Waals surface area (Å²) in [5.74, 6) is 1.59.